The molecular weight excluding hydrogens is 270 g/mol. The molecule has 2 aromatic rings. The third kappa shape index (κ3) is 3.40. The molecule has 1 fully saturated rings. The van der Waals surface area contributed by atoms with Crippen LogP contribution in [0.1, 0.15) is 30.3 Å². The van der Waals surface area contributed by atoms with E-state index in [1.54, 1.807) is 18.2 Å². The molecule has 6 heteroatoms. The summed E-state index contributed by atoms with van der Waals surface area (Å²) in [7, 11) is 0. The van der Waals surface area contributed by atoms with E-state index in [0.717, 1.165) is 25.2 Å². The van der Waals surface area contributed by atoms with Crippen molar-refractivity contribution in [1.82, 2.24) is 15.0 Å². The largest absolute Gasteiger partial charge is 0.508 e. The van der Waals surface area contributed by atoms with Crippen molar-refractivity contribution in [3.63, 3.8) is 0 Å². The number of ether oxygens (including phenoxy) is 1. The van der Waals surface area contributed by atoms with Gasteiger partial charge in [0.2, 0.25) is 11.7 Å². The van der Waals surface area contributed by atoms with E-state index in [-0.39, 0.29) is 11.9 Å². The smallest absolute Gasteiger partial charge is 0.231 e. The van der Waals surface area contributed by atoms with Gasteiger partial charge in [0.15, 0.2) is 0 Å². The average molecular weight is 289 g/mol. The summed E-state index contributed by atoms with van der Waals surface area (Å²) < 4.78 is 11.0. The molecule has 0 bridgehead atoms. The Bertz CT molecular complexity index is 599. The van der Waals surface area contributed by atoms with E-state index in [0.29, 0.717) is 24.7 Å². The lowest BCUT2D eigenvalue weighted by Crippen LogP contribution is -2.38. The van der Waals surface area contributed by atoms with Gasteiger partial charge in [-0.2, -0.15) is 4.98 Å². The van der Waals surface area contributed by atoms with E-state index in [2.05, 4.69) is 22.0 Å². The molecule has 1 aromatic carbocycles. The minimum absolute atomic E-state index is 0.125. The minimum atomic E-state index is -0.125. The van der Waals surface area contributed by atoms with Crippen LogP contribution in [0.15, 0.2) is 28.8 Å². The number of benzene rings is 1. The first-order valence-corrected chi connectivity index (χ1v) is 7.19. The molecule has 2 heterocycles. The number of hydrogen-bond acceptors (Lipinski definition) is 6. The molecule has 1 aliphatic rings. The average Bonchev–Trinajstić information content (AvgIpc) is 2.96. The van der Waals surface area contributed by atoms with Crippen molar-refractivity contribution in [2.24, 2.45) is 0 Å². The summed E-state index contributed by atoms with van der Waals surface area (Å²) in [5, 5.41) is 13.5. The first-order valence-electron chi connectivity index (χ1n) is 7.19. The van der Waals surface area contributed by atoms with Gasteiger partial charge in [0.1, 0.15) is 11.9 Å². The monoisotopic (exact) mass is 289 g/mol. The fourth-order valence-electron chi connectivity index (χ4n) is 2.46. The zero-order valence-electron chi connectivity index (χ0n) is 12.0. The summed E-state index contributed by atoms with van der Waals surface area (Å²) in [6.45, 7) is 5.55. The van der Waals surface area contributed by atoms with Crippen molar-refractivity contribution >= 4 is 0 Å². The summed E-state index contributed by atoms with van der Waals surface area (Å²) >= 11 is 0. The van der Waals surface area contributed by atoms with E-state index < -0.39 is 0 Å². The van der Waals surface area contributed by atoms with E-state index in [4.69, 9.17) is 9.26 Å². The molecule has 1 aliphatic heterocycles. The van der Waals surface area contributed by atoms with E-state index in [1.807, 2.05) is 6.07 Å². The van der Waals surface area contributed by atoms with Crippen LogP contribution in [0.3, 0.4) is 0 Å². The summed E-state index contributed by atoms with van der Waals surface area (Å²) in [6, 6.07) is 7.04. The van der Waals surface area contributed by atoms with Crippen LogP contribution in [0, 0.1) is 0 Å². The van der Waals surface area contributed by atoms with Crippen LogP contribution in [0.25, 0.3) is 0 Å². The van der Waals surface area contributed by atoms with Crippen LogP contribution in [-0.4, -0.2) is 46.4 Å². The van der Waals surface area contributed by atoms with Gasteiger partial charge in [-0.05, 0) is 24.2 Å². The summed E-state index contributed by atoms with van der Waals surface area (Å²) in [5.74, 6) is 1.37. The Hall–Kier alpha value is -1.92. The second-order valence-electron chi connectivity index (χ2n) is 5.15. The second-order valence-corrected chi connectivity index (χ2v) is 5.15. The molecule has 1 atom stereocenters. The predicted octanol–water partition coefficient (Wildman–Crippen LogP) is 1.76. The lowest BCUT2D eigenvalue weighted by molar-refractivity contribution is -0.0334. The molecule has 1 N–H and O–H groups in total. The summed E-state index contributed by atoms with van der Waals surface area (Å²) in [5.41, 5.74) is 0.935. The SMILES string of the molecule is CCN1CCOC(c2noc(Cc3cccc(O)c3)n2)C1. The Kier molecular flexibility index (Phi) is 4.17. The quantitative estimate of drug-likeness (QED) is 0.924. The molecule has 1 unspecified atom stereocenters. The van der Waals surface area contributed by atoms with Crippen molar-refractivity contribution in [1.29, 1.82) is 0 Å². The minimum Gasteiger partial charge on any atom is -0.508 e. The zero-order chi connectivity index (χ0) is 14.7. The second kappa shape index (κ2) is 6.24. The molecule has 1 aromatic heterocycles. The molecule has 0 radical (unpaired) electrons. The van der Waals surface area contributed by atoms with Crippen molar-refractivity contribution < 1.29 is 14.4 Å². The summed E-state index contributed by atoms with van der Waals surface area (Å²) in [4.78, 5) is 6.72. The highest BCUT2D eigenvalue weighted by Crippen LogP contribution is 2.21. The van der Waals surface area contributed by atoms with E-state index in [9.17, 15) is 5.11 Å². The van der Waals surface area contributed by atoms with Crippen LogP contribution in [-0.2, 0) is 11.2 Å². The van der Waals surface area contributed by atoms with Crippen molar-refractivity contribution in [3.05, 3.63) is 41.5 Å². The number of phenolic OH excluding ortho intramolecular Hbond substituents is 1. The molecule has 0 amide bonds. The molecular formula is C15H19N3O3. The van der Waals surface area contributed by atoms with E-state index >= 15 is 0 Å². The normalized spacial score (nSPS) is 19.8. The van der Waals surface area contributed by atoms with Gasteiger partial charge < -0.3 is 14.4 Å². The maximum Gasteiger partial charge on any atom is 0.231 e. The first kappa shape index (κ1) is 14.0. The fraction of sp³-hybridized carbons (Fsp3) is 0.467. The molecule has 1 saturated heterocycles. The Morgan fingerprint density at radius 2 is 2.33 bits per heavy atom. The standard InChI is InChI=1S/C15H19N3O3/c1-2-18-6-7-20-13(10-18)15-16-14(21-17-15)9-11-4-3-5-12(19)8-11/h3-5,8,13,19H,2,6-7,9-10H2,1H3. The Morgan fingerprint density at radius 3 is 3.14 bits per heavy atom. The maximum absolute atomic E-state index is 9.46. The van der Waals surface area contributed by atoms with E-state index in [1.165, 1.54) is 0 Å². The topological polar surface area (TPSA) is 71.6 Å². The number of aromatic hydroxyl groups is 1. The lowest BCUT2D eigenvalue weighted by atomic mass is 10.1. The Balaban J connectivity index is 1.68. The predicted molar refractivity (Wildman–Crippen MR) is 76.0 cm³/mol. The molecule has 21 heavy (non-hydrogen) atoms. The Morgan fingerprint density at radius 1 is 1.43 bits per heavy atom. The van der Waals surface area contributed by atoms with Gasteiger partial charge in [0, 0.05) is 13.1 Å². The third-order valence-corrected chi connectivity index (χ3v) is 3.64. The Labute approximate surface area is 123 Å². The first-order chi connectivity index (χ1) is 10.2. The summed E-state index contributed by atoms with van der Waals surface area (Å²) in [6.07, 6.45) is 0.381. The van der Waals surface area contributed by atoms with Gasteiger partial charge in [-0.1, -0.05) is 24.2 Å². The number of nitrogens with zero attached hydrogens (tertiary/aromatic N) is 3. The zero-order valence-corrected chi connectivity index (χ0v) is 12.0. The van der Waals surface area contributed by atoms with Crippen LogP contribution in [0.4, 0.5) is 0 Å². The highest BCUT2D eigenvalue weighted by molar-refractivity contribution is 5.28. The maximum atomic E-state index is 9.46. The van der Waals surface area contributed by atoms with Crippen LogP contribution in [0.2, 0.25) is 0 Å². The lowest BCUT2D eigenvalue weighted by Gasteiger charge is -2.30. The highest BCUT2D eigenvalue weighted by Gasteiger charge is 2.25. The van der Waals surface area contributed by atoms with Crippen LogP contribution in [0.5, 0.6) is 5.75 Å². The number of rotatable bonds is 4. The molecule has 112 valence electrons. The number of likely N-dealkylation sites (N-methyl/N-ethyl adjacent to an activating group) is 1. The number of aromatic nitrogens is 2. The number of phenols is 1. The molecule has 0 spiro atoms. The van der Waals surface area contributed by atoms with Crippen LogP contribution < -0.4 is 0 Å². The highest BCUT2D eigenvalue weighted by atomic mass is 16.5. The number of morpholine rings is 1. The molecule has 0 aliphatic carbocycles. The van der Waals surface area contributed by atoms with Crippen molar-refractivity contribution in [2.75, 3.05) is 26.2 Å². The van der Waals surface area contributed by atoms with Gasteiger partial charge in [0.05, 0.1) is 13.0 Å². The van der Waals surface area contributed by atoms with Gasteiger partial charge >= 0.3 is 0 Å². The molecule has 3 rings (SSSR count). The van der Waals surface area contributed by atoms with Gasteiger partial charge in [-0.15, -0.1) is 0 Å². The van der Waals surface area contributed by atoms with Gasteiger partial charge in [0.25, 0.3) is 0 Å². The van der Waals surface area contributed by atoms with Crippen LogP contribution >= 0.6 is 0 Å². The van der Waals surface area contributed by atoms with Crippen molar-refractivity contribution in [3.8, 4) is 5.75 Å². The van der Waals surface area contributed by atoms with Gasteiger partial charge in [-0.25, -0.2) is 0 Å². The number of hydrogen-bond donors (Lipinski definition) is 1. The van der Waals surface area contributed by atoms with Gasteiger partial charge in [-0.3, -0.25) is 4.90 Å². The third-order valence-electron chi connectivity index (χ3n) is 3.64. The van der Waals surface area contributed by atoms with Crippen molar-refractivity contribution in [2.45, 2.75) is 19.4 Å². The fourth-order valence-corrected chi connectivity index (χ4v) is 2.46. The molecule has 6 nitrogen and oxygen atoms in total. The molecule has 0 saturated carbocycles.